The molecular formula is C15H23N5O9S2. The first-order valence-corrected chi connectivity index (χ1v) is 11.3. The Labute approximate surface area is 182 Å². The molecule has 14 nitrogen and oxygen atoms in total. The number of carbonyl (C=O) groups excluding carboxylic acids is 3. The summed E-state index contributed by atoms with van der Waals surface area (Å²) >= 11 is 1.51. The number of anilines is 1. The van der Waals surface area contributed by atoms with Gasteiger partial charge in [-0.25, -0.2) is 14.4 Å². The van der Waals surface area contributed by atoms with Gasteiger partial charge in [0, 0.05) is 25.4 Å². The highest BCUT2D eigenvalue weighted by Crippen LogP contribution is 2.29. The smallest absolute Gasteiger partial charge is 0.476 e. The summed E-state index contributed by atoms with van der Waals surface area (Å²) in [7, 11) is -5.15. The molecule has 0 aromatic carbocycles. The highest BCUT2D eigenvalue weighted by Gasteiger charge is 2.36. The number of nitrogens with zero attached hydrogens (tertiary/aromatic N) is 2. The largest absolute Gasteiger partial charge is 0.870 e. The van der Waals surface area contributed by atoms with Crippen molar-refractivity contribution >= 4 is 45.8 Å². The highest BCUT2D eigenvalue weighted by atomic mass is 32.3. The molecule has 2 rings (SSSR count). The Hall–Kier alpha value is -2.53. The van der Waals surface area contributed by atoms with E-state index in [0.717, 1.165) is 12.3 Å². The minimum absolute atomic E-state index is 0. The maximum Gasteiger partial charge on any atom is 0.476 e. The van der Waals surface area contributed by atoms with Gasteiger partial charge in [-0.05, 0) is 18.6 Å². The molecule has 1 saturated heterocycles. The topological polar surface area (TPSA) is 207 Å². The minimum Gasteiger partial charge on any atom is -0.870 e. The van der Waals surface area contributed by atoms with Gasteiger partial charge in [-0.15, -0.1) is 11.8 Å². The molecule has 16 heteroatoms. The lowest BCUT2D eigenvalue weighted by Gasteiger charge is -2.21. The monoisotopic (exact) mass is 481 g/mol. The van der Waals surface area contributed by atoms with E-state index < -0.39 is 34.0 Å². The molecule has 31 heavy (non-hydrogen) atoms. The first-order valence-electron chi connectivity index (χ1n) is 8.89. The van der Waals surface area contributed by atoms with Crippen LogP contribution in [0.15, 0.2) is 6.07 Å². The van der Waals surface area contributed by atoms with E-state index in [0.29, 0.717) is 6.54 Å². The second kappa shape index (κ2) is 11.8. The van der Waals surface area contributed by atoms with E-state index in [1.165, 1.54) is 17.8 Å². The number of thioether (sulfide) groups is 1. The van der Waals surface area contributed by atoms with E-state index in [9.17, 15) is 22.8 Å². The van der Waals surface area contributed by atoms with E-state index in [4.69, 9.17) is 9.29 Å². The molecule has 0 saturated carbocycles. The Kier molecular flexibility index (Phi) is 10.0. The number of nitrogens with one attached hydrogen (secondary N) is 3. The number of likely N-dealkylation sites (N-methyl/N-ethyl adjacent to an activating group) is 1. The maximum absolute atomic E-state index is 12.6. The van der Waals surface area contributed by atoms with Crippen LogP contribution in [0.1, 0.15) is 35.4 Å². The van der Waals surface area contributed by atoms with Crippen molar-refractivity contribution in [3.05, 3.63) is 17.6 Å². The number of ether oxygens (including phenoxy) is 1. The van der Waals surface area contributed by atoms with Crippen LogP contribution < -0.4 is 25.0 Å². The van der Waals surface area contributed by atoms with Crippen molar-refractivity contribution in [3.63, 3.8) is 0 Å². The minimum atomic E-state index is -5.15. The Morgan fingerprint density at radius 1 is 1.39 bits per heavy atom. The summed E-state index contributed by atoms with van der Waals surface area (Å²) in [6.07, 6.45) is -0.979. The van der Waals surface area contributed by atoms with Crippen molar-refractivity contribution in [2.75, 3.05) is 37.3 Å². The summed E-state index contributed by atoms with van der Waals surface area (Å²) in [6.45, 7) is 4.51. The Morgan fingerprint density at radius 3 is 2.65 bits per heavy atom. The third-order valence-corrected chi connectivity index (χ3v) is 5.20. The van der Waals surface area contributed by atoms with E-state index in [1.807, 2.05) is 0 Å². The standard InChI is InChI=1S/C15H21N5O8S2.H2O/c1-3-17-14(22)12(21)13-18-9(10-8-16-5-6-29-10)7-11(19-15(23)27-4-2)20(13)28-30(24,25)26;/h7,10,16H,3-6,8H2,1-2H3,(H2,17,22,24,25,26);1H2. The number of amides is 2. The molecule has 2 heterocycles. The normalized spacial score (nSPS) is 15.9. The molecule has 1 atom stereocenters. The van der Waals surface area contributed by atoms with Crippen molar-refractivity contribution < 1.29 is 46.6 Å². The van der Waals surface area contributed by atoms with Gasteiger partial charge >= 0.3 is 28.1 Å². The predicted octanol–water partition coefficient (Wildman–Crippen LogP) is -1.31. The van der Waals surface area contributed by atoms with Gasteiger partial charge in [0.25, 0.3) is 11.7 Å². The second-order valence-corrected chi connectivity index (χ2v) is 8.10. The van der Waals surface area contributed by atoms with Crippen LogP contribution in [0, 0.1) is 0 Å². The molecule has 1 aromatic rings. The lowest BCUT2D eigenvalue weighted by atomic mass is 10.2. The fourth-order valence-corrected chi connectivity index (χ4v) is 3.86. The van der Waals surface area contributed by atoms with Crippen molar-refractivity contribution in [2.24, 2.45) is 0 Å². The summed E-state index contributed by atoms with van der Waals surface area (Å²) in [5.74, 6) is -2.71. The summed E-state index contributed by atoms with van der Waals surface area (Å²) in [5.41, 5.74) is 0.279. The molecule has 2 amide bonds. The fraction of sp³-hybridized carbons (Fsp3) is 0.533. The fourth-order valence-electron chi connectivity index (χ4n) is 2.45. The van der Waals surface area contributed by atoms with E-state index in [2.05, 4.69) is 25.2 Å². The molecule has 174 valence electrons. The Bertz CT molecular complexity index is 920. The average molecular weight is 482 g/mol. The number of hydrogen-bond acceptors (Lipinski definition) is 11. The lowest BCUT2D eigenvalue weighted by Crippen LogP contribution is -2.55. The molecule has 1 fully saturated rings. The van der Waals surface area contributed by atoms with Gasteiger partial charge in [-0.1, -0.05) is 4.98 Å². The number of hydrogen-bond donors (Lipinski definition) is 4. The van der Waals surface area contributed by atoms with Crippen molar-refractivity contribution in [1.29, 1.82) is 0 Å². The Balaban J connectivity index is 0.00000480. The molecule has 1 aliphatic heterocycles. The molecule has 1 unspecified atom stereocenters. The molecule has 1 aromatic heterocycles. The van der Waals surface area contributed by atoms with Crippen molar-refractivity contribution in [2.45, 2.75) is 19.1 Å². The quantitative estimate of drug-likeness (QED) is 0.148. The maximum atomic E-state index is 12.6. The van der Waals surface area contributed by atoms with Crippen LogP contribution in [-0.2, 0) is 19.9 Å². The number of aromatic nitrogens is 2. The molecule has 5 N–H and O–H groups in total. The van der Waals surface area contributed by atoms with Crippen LogP contribution in [0.3, 0.4) is 0 Å². The van der Waals surface area contributed by atoms with E-state index in [-0.39, 0.29) is 40.1 Å². The van der Waals surface area contributed by atoms with Gasteiger partial charge in [0.15, 0.2) is 0 Å². The summed E-state index contributed by atoms with van der Waals surface area (Å²) in [6, 6.07) is 1.27. The lowest BCUT2D eigenvalue weighted by molar-refractivity contribution is -0.848. The van der Waals surface area contributed by atoms with Crippen LogP contribution in [0.5, 0.6) is 0 Å². The zero-order chi connectivity index (χ0) is 22.3. The van der Waals surface area contributed by atoms with Gasteiger partial charge in [0.1, 0.15) is 5.69 Å². The number of ketones is 1. The van der Waals surface area contributed by atoms with Crippen LogP contribution >= 0.6 is 11.8 Å². The third kappa shape index (κ3) is 7.59. The number of rotatable bonds is 8. The van der Waals surface area contributed by atoms with Crippen molar-refractivity contribution in [1.82, 2.24) is 15.6 Å². The van der Waals surface area contributed by atoms with Crippen molar-refractivity contribution in [3.8, 4) is 0 Å². The van der Waals surface area contributed by atoms with E-state index >= 15 is 0 Å². The zero-order valence-corrected chi connectivity index (χ0v) is 18.3. The number of carbonyl (C=O) groups is 3. The van der Waals surface area contributed by atoms with Gasteiger partial charge in [-0.2, -0.15) is 8.42 Å². The van der Waals surface area contributed by atoms with Crippen LogP contribution in [0.25, 0.3) is 0 Å². The summed E-state index contributed by atoms with van der Waals surface area (Å²) < 4.78 is 41.3. The SMILES string of the molecule is CCNC(=O)C(=O)c1nc(C2CNCCS2)cc(NC(=O)OCC)[n+]1OS(=O)(=O)O.[OH-]. The van der Waals surface area contributed by atoms with Crippen LogP contribution in [0.2, 0.25) is 0 Å². The first kappa shape index (κ1) is 26.5. The van der Waals surface area contributed by atoms with Gasteiger partial charge in [0.05, 0.1) is 17.9 Å². The second-order valence-electron chi connectivity index (χ2n) is 5.78. The van der Waals surface area contributed by atoms with Gasteiger partial charge in [-0.3, -0.25) is 14.1 Å². The zero-order valence-electron chi connectivity index (χ0n) is 16.7. The third-order valence-electron chi connectivity index (χ3n) is 3.61. The summed E-state index contributed by atoms with van der Waals surface area (Å²) in [4.78, 5) is 40.7. The molecule has 1 aliphatic rings. The van der Waals surface area contributed by atoms with Crippen LogP contribution in [-0.4, -0.2) is 73.2 Å². The molecular weight excluding hydrogens is 458 g/mol. The van der Waals surface area contributed by atoms with Gasteiger partial charge in [0.2, 0.25) is 0 Å². The Morgan fingerprint density at radius 2 is 2.10 bits per heavy atom. The number of Topliss-reactive ketones (excluding diaryl/α,β-unsaturated/α-hetero) is 1. The molecule has 0 bridgehead atoms. The first-order chi connectivity index (χ1) is 14.2. The predicted molar refractivity (Wildman–Crippen MR) is 106 cm³/mol. The molecule has 0 aliphatic carbocycles. The van der Waals surface area contributed by atoms with E-state index in [1.54, 1.807) is 13.8 Å². The summed E-state index contributed by atoms with van der Waals surface area (Å²) in [5, 5.41) is 7.39. The molecule has 0 spiro atoms. The highest BCUT2D eigenvalue weighted by molar-refractivity contribution is 7.99. The average Bonchev–Trinajstić information content (AvgIpc) is 2.68. The van der Waals surface area contributed by atoms with Gasteiger partial charge < -0.3 is 20.8 Å². The molecule has 0 radical (unpaired) electrons. The van der Waals surface area contributed by atoms with Crippen LogP contribution in [0.4, 0.5) is 10.6 Å².